The third-order valence-electron chi connectivity index (χ3n) is 4.71. The lowest BCUT2D eigenvalue weighted by Crippen LogP contribution is -2.50. The van der Waals surface area contributed by atoms with Crippen molar-refractivity contribution in [3.63, 3.8) is 0 Å². The van der Waals surface area contributed by atoms with Crippen LogP contribution in [0.2, 0.25) is 5.02 Å². The van der Waals surface area contributed by atoms with Crippen molar-refractivity contribution in [2.45, 2.75) is 18.4 Å². The molecular formula is C20H22ClFN2O7S. The quantitative estimate of drug-likeness (QED) is 0.525. The van der Waals surface area contributed by atoms with E-state index in [1.54, 1.807) is 6.92 Å². The first kappa shape index (κ1) is 24.0. The first-order valence-corrected chi connectivity index (χ1v) is 11.7. The summed E-state index contributed by atoms with van der Waals surface area (Å²) in [6.45, 7) is 2.36. The van der Waals surface area contributed by atoms with E-state index in [1.807, 2.05) is 0 Å². The van der Waals surface area contributed by atoms with Gasteiger partial charge in [-0.2, -0.15) is 4.31 Å². The van der Waals surface area contributed by atoms with Gasteiger partial charge in [0, 0.05) is 26.2 Å². The average Bonchev–Trinajstić information content (AvgIpc) is 3.27. The smallest absolute Gasteiger partial charge is 0.374 e. The molecule has 12 heteroatoms. The Hall–Kier alpha value is -2.63. The summed E-state index contributed by atoms with van der Waals surface area (Å²) >= 11 is 5.88. The van der Waals surface area contributed by atoms with E-state index in [2.05, 4.69) is 0 Å². The summed E-state index contributed by atoms with van der Waals surface area (Å²) in [6, 6.07) is 6.16. The predicted molar refractivity (Wildman–Crippen MR) is 112 cm³/mol. The number of hydrogen-bond donors (Lipinski definition) is 0. The minimum Gasteiger partial charge on any atom is -0.491 e. The van der Waals surface area contributed by atoms with E-state index >= 15 is 0 Å². The molecule has 2 heterocycles. The molecule has 1 aromatic carbocycles. The Balaban J connectivity index is 1.50. The fourth-order valence-corrected chi connectivity index (χ4v) is 4.63. The van der Waals surface area contributed by atoms with Gasteiger partial charge in [-0.1, -0.05) is 11.6 Å². The number of nitrogens with zero attached hydrogens (tertiary/aromatic N) is 2. The van der Waals surface area contributed by atoms with Crippen LogP contribution in [0.3, 0.4) is 0 Å². The predicted octanol–water partition coefficient (Wildman–Crippen LogP) is 2.55. The number of carbonyl (C=O) groups is 2. The Morgan fingerprint density at radius 3 is 2.53 bits per heavy atom. The van der Waals surface area contributed by atoms with Crippen LogP contribution in [0.5, 0.6) is 5.75 Å². The van der Waals surface area contributed by atoms with Gasteiger partial charge in [0.15, 0.2) is 0 Å². The first-order chi connectivity index (χ1) is 15.2. The second-order valence-electron chi connectivity index (χ2n) is 6.80. The van der Waals surface area contributed by atoms with Gasteiger partial charge in [0.25, 0.3) is 10.0 Å². The Labute approximate surface area is 189 Å². The molecule has 1 amide bonds. The number of ether oxygens (including phenoxy) is 2. The van der Waals surface area contributed by atoms with E-state index in [1.165, 1.54) is 33.5 Å². The zero-order valence-electron chi connectivity index (χ0n) is 17.3. The molecule has 0 N–H and O–H groups in total. The second-order valence-corrected chi connectivity index (χ2v) is 9.07. The molecule has 2 aromatic rings. The molecule has 0 aliphatic carbocycles. The number of piperazine rings is 1. The fourth-order valence-electron chi connectivity index (χ4n) is 3.07. The van der Waals surface area contributed by atoms with Gasteiger partial charge < -0.3 is 18.8 Å². The van der Waals surface area contributed by atoms with Gasteiger partial charge in [0.1, 0.15) is 11.6 Å². The van der Waals surface area contributed by atoms with Crippen LogP contribution in [0.4, 0.5) is 4.39 Å². The molecule has 9 nitrogen and oxygen atoms in total. The van der Waals surface area contributed by atoms with E-state index in [9.17, 15) is 22.4 Å². The van der Waals surface area contributed by atoms with Gasteiger partial charge in [0.05, 0.1) is 24.7 Å². The summed E-state index contributed by atoms with van der Waals surface area (Å²) in [5.41, 5.74) is 0. The van der Waals surface area contributed by atoms with E-state index < -0.39 is 21.8 Å². The van der Waals surface area contributed by atoms with E-state index in [-0.39, 0.29) is 73.3 Å². The van der Waals surface area contributed by atoms with Crippen molar-refractivity contribution in [3.05, 3.63) is 46.9 Å². The van der Waals surface area contributed by atoms with E-state index in [0.29, 0.717) is 0 Å². The highest BCUT2D eigenvalue weighted by Gasteiger charge is 2.32. The Morgan fingerprint density at radius 1 is 1.16 bits per heavy atom. The second kappa shape index (κ2) is 10.3. The van der Waals surface area contributed by atoms with Crippen molar-refractivity contribution in [1.29, 1.82) is 0 Å². The van der Waals surface area contributed by atoms with Crippen molar-refractivity contribution in [2.75, 3.05) is 39.4 Å². The topological polar surface area (TPSA) is 106 Å². The fraction of sp³-hybridized carbons (Fsp3) is 0.400. The number of hydrogen-bond acceptors (Lipinski definition) is 7. The maximum Gasteiger partial charge on any atom is 0.374 e. The van der Waals surface area contributed by atoms with E-state index in [0.717, 1.165) is 6.07 Å². The van der Waals surface area contributed by atoms with Gasteiger partial charge in [-0.3, -0.25) is 4.79 Å². The SMILES string of the molecule is CCOC(=O)c1ccc(S(=O)(=O)N2CCN(C(=O)CCOc3ccc(F)cc3Cl)CC2)o1. The monoisotopic (exact) mass is 488 g/mol. The molecule has 1 aromatic heterocycles. The van der Waals surface area contributed by atoms with Gasteiger partial charge >= 0.3 is 5.97 Å². The van der Waals surface area contributed by atoms with Crippen LogP contribution < -0.4 is 4.74 Å². The molecule has 3 rings (SSSR count). The molecule has 0 spiro atoms. The highest BCUT2D eigenvalue weighted by atomic mass is 35.5. The van der Waals surface area contributed by atoms with E-state index in [4.69, 9.17) is 25.5 Å². The highest BCUT2D eigenvalue weighted by Crippen LogP contribution is 2.25. The lowest BCUT2D eigenvalue weighted by molar-refractivity contribution is -0.132. The maximum atomic E-state index is 13.1. The molecule has 1 saturated heterocycles. The van der Waals surface area contributed by atoms with Crippen LogP contribution in [0.25, 0.3) is 0 Å². The minimum absolute atomic E-state index is 0.0474. The summed E-state index contributed by atoms with van der Waals surface area (Å²) in [4.78, 5) is 25.6. The molecule has 32 heavy (non-hydrogen) atoms. The summed E-state index contributed by atoms with van der Waals surface area (Å²) < 4.78 is 55.2. The number of esters is 1. The van der Waals surface area contributed by atoms with Crippen molar-refractivity contribution < 1.29 is 36.3 Å². The summed E-state index contributed by atoms with van der Waals surface area (Å²) in [5.74, 6) is -1.35. The van der Waals surface area contributed by atoms with Crippen molar-refractivity contribution in [1.82, 2.24) is 9.21 Å². The average molecular weight is 489 g/mol. The summed E-state index contributed by atoms with van der Waals surface area (Å²) in [6.07, 6.45) is 0.0571. The normalized spacial score (nSPS) is 14.9. The van der Waals surface area contributed by atoms with Crippen molar-refractivity contribution in [2.24, 2.45) is 0 Å². The van der Waals surface area contributed by atoms with Crippen molar-refractivity contribution >= 4 is 33.5 Å². The van der Waals surface area contributed by atoms with Gasteiger partial charge in [0.2, 0.25) is 16.8 Å². The molecule has 0 radical (unpaired) electrons. The Kier molecular flexibility index (Phi) is 7.75. The molecule has 1 aliphatic rings. The molecule has 174 valence electrons. The third kappa shape index (κ3) is 5.59. The molecule has 0 saturated carbocycles. The van der Waals surface area contributed by atoms with Crippen LogP contribution in [0.15, 0.2) is 39.8 Å². The van der Waals surface area contributed by atoms with Gasteiger partial charge in [-0.05, 0) is 37.3 Å². The number of amides is 1. The molecule has 1 fully saturated rings. The van der Waals surface area contributed by atoms with Gasteiger partial charge in [-0.15, -0.1) is 0 Å². The Bertz CT molecular complexity index is 1080. The van der Waals surface area contributed by atoms with Crippen LogP contribution in [-0.2, 0) is 19.6 Å². The third-order valence-corrected chi connectivity index (χ3v) is 6.78. The number of benzene rings is 1. The highest BCUT2D eigenvalue weighted by molar-refractivity contribution is 7.89. The van der Waals surface area contributed by atoms with Crippen LogP contribution >= 0.6 is 11.6 Å². The first-order valence-electron chi connectivity index (χ1n) is 9.85. The van der Waals surface area contributed by atoms with Crippen LogP contribution in [0.1, 0.15) is 23.9 Å². The number of carbonyl (C=O) groups excluding carboxylic acids is 2. The van der Waals surface area contributed by atoms with Crippen LogP contribution in [-0.4, -0.2) is 68.9 Å². The maximum absolute atomic E-state index is 13.1. The Morgan fingerprint density at radius 2 is 1.88 bits per heavy atom. The molecule has 1 aliphatic heterocycles. The zero-order chi connectivity index (χ0) is 23.3. The lowest BCUT2D eigenvalue weighted by atomic mass is 10.3. The molecule has 0 unspecified atom stereocenters. The van der Waals surface area contributed by atoms with Crippen LogP contribution in [0, 0.1) is 5.82 Å². The minimum atomic E-state index is -3.95. The number of sulfonamides is 1. The number of halogens is 2. The number of furan rings is 1. The van der Waals surface area contributed by atoms with Gasteiger partial charge in [-0.25, -0.2) is 17.6 Å². The largest absolute Gasteiger partial charge is 0.491 e. The zero-order valence-corrected chi connectivity index (χ0v) is 18.8. The molecular weight excluding hydrogens is 467 g/mol. The number of rotatable bonds is 8. The molecule has 0 bridgehead atoms. The summed E-state index contributed by atoms with van der Waals surface area (Å²) in [5, 5.41) is -0.245. The standard InChI is InChI=1S/C20H22ClFN2O7S/c1-2-29-20(26)17-5-6-19(31-17)32(27,28)24-10-8-23(9-11-24)18(25)7-12-30-16-4-3-14(22)13-15(16)21/h3-6,13H,2,7-12H2,1H3. The summed E-state index contributed by atoms with van der Waals surface area (Å²) in [7, 11) is -3.95. The molecule has 0 atom stereocenters. The van der Waals surface area contributed by atoms with Crippen molar-refractivity contribution in [3.8, 4) is 5.75 Å². The lowest BCUT2D eigenvalue weighted by Gasteiger charge is -2.33.